The highest BCUT2D eigenvalue weighted by molar-refractivity contribution is 9.10. The van der Waals surface area contributed by atoms with Crippen LogP contribution in [0.2, 0.25) is 0 Å². The van der Waals surface area contributed by atoms with Crippen LogP contribution in [0.4, 0.5) is 4.39 Å². The predicted octanol–water partition coefficient (Wildman–Crippen LogP) is 3.00. The van der Waals surface area contributed by atoms with Gasteiger partial charge >= 0.3 is 0 Å². The minimum Gasteiger partial charge on any atom is -0.491 e. The van der Waals surface area contributed by atoms with Crippen molar-refractivity contribution in [2.75, 3.05) is 13.3 Å². The van der Waals surface area contributed by atoms with Crippen LogP contribution in [0.15, 0.2) is 24.3 Å². The largest absolute Gasteiger partial charge is 0.491 e. The molecule has 0 bridgehead atoms. The zero-order valence-electron chi connectivity index (χ0n) is 8.37. The molecule has 0 N–H and O–H groups in total. The summed E-state index contributed by atoms with van der Waals surface area (Å²) in [5.74, 6) is 0.596. The first-order valence-electron chi connectivity index (χ1n) is 4.62. The molecule has 2 nitrogen and oxygen atoms in total. The number of Topliss-reactive ketones (excluding diaryl/α,β-unsaturated/α-hetero) is 1. The fourth-order valence-corrected chi connectivity index (χ4v) is 1.37. The molecule has 0 amide bonds. The predicted molar refractivity (Wildman–Crippen MR) is 60.6 cm³/mol. The molecule has 1 aromatic rings. The Morgan fingerprint density at radius 1 is 1.47 bits per heavy atom. The van der Waals surface area contributed by atoms with Crippen molar-refractivity contribution in [1.29, 1.82) is 0 Å². The molecule has 1 aromatic carbocycles. The molecule has 0 unspecified atom stereocenters. The topological polar surface area (TPSA) is 26.3 Å². The van der Waals surface area contributed by atoms with Crippen LogP contribution in [0.5, 0.6) is 5.75 Å². The lowest BCUT2D eigenvalue weighted by Crippen LogP contribution is -2.09. The van der Waals surface area contributed by atoms with E-state index in [1.54, 1.807) is 31.2 Å². The van der Waals surface area contributed by atoms with Gasteiger partial charge in [0.05, 0.1) is 4.83 Å². The summed E-state index contributed by atoms with van der Waals surface area (Å²) in [6.45, 7) is 1.30. The Balaban J connectivity index is 2.68. The Kier molecular flexibility index (Phi) is 4.75. The lowest BCUT2D eigenvalue weighted by atomic mass is 10.1. The van der Waals surface area contributed by atoms with Crippen molar-refractivity contribution >= 4 is 21.7 Å². The van der Waals surface area contributed by atoms with E-state index in [2.05, 4.69) is 15.9 Å². The van der Waals surface area contributed by atoms with E-state index in [9.17, 15) is 9.18 Å². The van der Waals surface area contributed by atoms with Crippen LogP contribution in [0.3, 0.4) is 0 Å². The van der Waals surface area contributed by atoms with E-state index in [0.29, 0.717) is 11.3 Å². The highest BCUT2D eigenvalue weighted by Crippen LogP contribution is 2.15. The number of carbonyl (C=O) groups is 1. The smallest absolute Gasteiger partial charge is 0.176 e. The summed E-state index contributed by atoms with van der Waals surface area (Å²) in [5.41, 5.74) is 0.618. The van der Waals surface area contributed by atoms with Gasteiger partial charge in [0, 0.05) is 5.56 Å². The van der Waals surface area contributed by atoms with Crippen molar-refractivity contribution < 1.29 is 13.9 Å². The summed E-state index contributed by atoms with van der Waals surface area (Å²) in [5, 5.41) is 0. The van der Waals surface area contributed by atoms with E-state index in [4.69, 9.17) is 4.74 Å². The number of ether oxygens (including phenoxy) is 1. The maximum Gasteiger partial charge on any atom is 0.176 e. The van der Waals surface area contributed by atoms with Gasteiger partial charge in [0.15, 0.2) is 5.78 Å². The number of alkyl halides is 2. The van der Waals surface area contributed by atoms with Gasteiger partial charge in [-0.1, -0.05) is 15.9 Å². The average molecular weight is 275 g/mol. The monoisotopic (exact) mass is 274 g/mol. The van der Waals surface area contributed by atoms with E-state index in [1.807, 2.05) is 0 Å². The molecule has 4 heteroatoms. The summed E-state index contributed by atoms with van der Waals surface area (Å²) >= 11 is 3.21. The Hall–Kier alpha value is -0.900. The van der Waals surface area contributed by atoms with Gasteiger partial charge in [0.25, 0.3) is 0 Å². The average Bonchev–Trinajstić information content (AvgIpc) is 2.26. The van der Waals surface area contributed by atoms with Gasteiger partial charge in [-0.15, -0.1) is 0 Å². The quantitative estimate of drug-likeness (QED) is 0.610. The van der Waals surface area contributed by atoms with Crippen molar-refractivity contribution in [3.63, 3.8) is 0 Å². The van der Waals surface area contributed by atoms with Crippen LogP contribution in [0.25, 0.3) is 0 Å². The molecular formula is C11H12BrFO2. The van der Waals surface area contributed by atoms with Gasteiger partial charge in [-0.2, -0.15) is 0 Å². The second-order valence-electron chi connectivity index (χ2n) is 3.04. The van der Waals surface area contributed by atoms with Crippen LogP contribution >= 0.6 is 15.9 Å². The van der Waals surface area contributed by atoms with Gasteiger partial charge in [-0.25, -0.2) is 4.39 Å². The number of hydrogen-bond acceptors (Lipinski definition) is 2. The second-order valence-corrected chi connectivity index (χ2v) is 4.42. The van der Waals surface area contributed by atoms with Gasteiger partial charge in [-0.3, -0.25) is 4.79 Å². The van der Waals surface area contributed by atoms with Crippen LogP contribution < -0.4 is 4.74 Å². The maximum atomic E-state index is 11.8. The van der Waals surface area contributed by atoms with E-state index in [-0.39, 0.29) is 17.2 Å². The van der Waals surface area contributed by atoms with E-state index < -0.39 is 6.67 Å². The van der Waals surface area contributed by atoms with Crippen molar-refractivity contribution in [2.45, 2.75) is 11.8 Å². The van der Waals surface area contributed by atoms with Gasteiger partial charge in [-0.05, 0) is 31.2 Å². The molecule has 1 atom stereocenters. The molecule has 0 saturated heterocycles. The molecule has 0 fully saturated rings. The van der Waals surface area contributed by atoms with Crippen molar-refractivity contribution in [1.82, 2.24) is 0 Å². The van der Waals surface area contributed by atoms with E-state index >= 15 is 0 Å². The maximum absolute atomic E-state index is 11.8. The Morgan fingerprint density at radius 3 is 2.53 bits per heavy atom. The molecule has 82 valence electrons. The van der Waals surface area contributed by atoms with E-state index in [0.717, 1.165) is 0 Å². The van der Waals surface area contributed by atoms with Crippen LogP contribution in [-0.2, 0) is 0 Å². The van der Waals surface area contributed by atoms with Crippen LogP contribution in [-0.4, -0.2) is 23.9 Å². The highest BCUT2D eigenvalue weighted by Gasteiger charge is 2.11. The zero-order valence-corrected chi connectivity index (χ0v) is 9.96. The fraction of sp³-hybridized carbons (Fsp3) is 0.364. The van der Waals surface area contributed by atoms with Gasteiger partial charge in [0.2, 0.25) is 0 Å². The molecule has 0 aromatic heterocycles. The second kappa shape index (κ2) is 5.85. The van der Waals surface area contributed by atoms with Crippen LogP contribution in [0.1, 0.15) is 17.3 Å². The third-order valence-electron chi connectivity index (χ3n) is 1.85. The third-order valence-corrected chi connectivity index (χ3v) is 2.26. The van der Waals surface area contributed by atoms with Crippen molar-refractivity contribution in [3.05, 3.63) is 29.8 Å². The van der Waals surface area contributed by atoms with Gasteiger partial charge in [0.1, 0.15) is 19.0 Å². The van der Waals surface area contributed by atoms with Crippen LogP contribution in [0, 0.1) is 0 Å². The summed E-state index contributed by atoms with van der Waals surface area (Å²) in [7, 11) is 0. The Morgan fingerprint density at radius 2 is 2.07 bits per heavy atom. The molecule has 0 saturated carbocycles. The SMILES string of the molecule is C[C@@H](Br)C(=O)c1ccc(OCCF)cc1. The fourth-order valence-electron chi connectivity index (χ4n) is 1.10. The summed E-state index contributed by atoms with van der Waals surface area (Å²) in [6, 6.07) is 6.68. The van der Waals surface area contributed by atoms with Crippen molar-refractivity contribution in [2.24, 2.45) is 0 Å². The zero-order chi connectivity index (χ0) is 11.3. The Labute approximate surface area is 96.6 Å². The summed E-state index contributed by atoms with van der Waals surface area (Å²) in [4.78, 5) is 11.3. The lowest BCUT2D eigenvalue weighted by Gasteiger charge is -2.05. The number of benzene rings is 1. The third kappa shape index (κ3) is 3.63. The number of hydrogen-bond donors (Lipinski definition) is 0. The summed E-state index contributed by atoms with van der Waals surface area (Å²) < 4.78 is 16.9. The lowest BCUT2D eigenvalue weighted by molar-refractivity contribution is 0.0996. The normalized spacial score (nSPS) is 12.2. The molecule has 0 radical (unpaired) electrons. The standard InChI is InChI=1S/C11H12BrFO2/c1-8(12)11(14)9-2-4-10(5-3-9)15-7-6-13/h2-5,8H,6-7H2,1H3/t8-/m1/s1. The molecular weight excluding hydrogens is 263 g/mol. The molecule has 0 spiro atoms. The van der Waals surface area contributed by atoms with Gasteiger partial charge < -0.3 is 4.74 Å². The first-order valence-corrected chi connectivity index (χ1v) is 5.54. The molecule has 0 heterocycles. The molecule has 0 aliphatic heterocycles. The molecule has 0 aliphatic rings. The molecule has 15 heavy (non-hydrogen) atoms. The summed E-state index contributed by atoms with van der Waals surface area (Å²) in [6.07, 6.45) is 0. The first kappa shape index (κ1) is 12.2. The molecule has 0 aliphatic carbocycles. The first-order chi connectivity index (χ1) is 7.15. The molecule has 1 rings (SSSR count). The minimum atomic E-state index is -0.515. The number of rotatable bonds is 5. The number of halogens is 2. The minimum absolute atomic E-state index is 0.0204. The Bertz CT molecular complexity index is 322. The highest BCUT2D eigenvalue weighted by atomic mass is 79.9. The van der Waals surface area contributed by atoms with Crippen molar-refractivity contribution in [3.8, 4) is 5.75 Å². The van der Waals surface area contributed by atoms with E-state index in [1.165, 1.54) is 0 Å². The number of carbonyl (C=O) groups excluding carboxylic acids is 1. The number of ketones is 1.